The van der Waals surface area contributed by atoms with Crippen LogP contribution in [0.3, 0.4) is 0 Å². The SMILES string of the molecule is CCc1nn(CC)c(-c2cnc(NC(C)(C)CC(F)(F)F)cc2C(C)C)c1Cl. The van der Waals surface area contributed by atoms with Crippen LogP contribution in [0.15, 0.2) is 12.3 Å². The van der Waals surface area contributed by atoms with Crippen molar-refractivity contribution in [3.8, 4) is 11.3 Å². The summed E-state index contributed by atoms with van der Waals surface area (Å²) in [4.78, 5) is 4.39. The molecule has 0 aliphatic heterocycles. The average molecular weight is 417 g/mol. The zero-order chi connectivity index (χ0) is 21.3. The van der Waals surface area contributed by atoms with Gasteiger partial charge in [-0.3, -0.25) is 4.68 Å². The van der Waals surface area contributed by atoms with Crippen molar-refractivity contribution < 1.29 is 13.2 Å². The summed E-state index contributed by atoms with van der Waals surface area (Å²) < 4.78 is 40.3. The number of halogens is 4. The Kier molecular flexibility index (Phi) is 6.69. The van der Waals surface area contributed by atoms with E-state index < -0.39 is 18.1 Å². The van der Waals surface area contributed by atoms with Gasteiger partial charge in [-0.2, -0.15) is 18.3 Å². The van der Waals surface area contributed by atoms with E-state index in [0.29, 0.717) is 23.8 Å². The monoisotopic (exact) mass is 416 g/mol. The highest BCUT2D eigenvalue weighted by molar-refractivity contribution is 6.33. The van der Waals surface area contributed by atoms with Crippen LogP contribution in [0.25, 0.3) is 11.3 Å². The number of nitrogens with zero attached hydrogens (tertiary/aromatic N) is 3. The second-order valence-electron chi connectivity index (χ2n) is 7.89. The average Bonchev–Trinajstić information content (AvgIpc) is 2.87. The fraction of sp³-hybridized carbons (Fsp3) is 0.600. The minimum Gasteiger partial charge on any atom is -0.365 e. The van der Waals surface area contributed by atoms with Crippen molar-refractivity contribution in [1.29, 1.82) is 0 Å². The van der Waals surface area contributed by atoms with E-state index in [4.69, 9.17) is 11.6 Å². The molecule has 4 nitrogen and oxygen atoms in total. The van der Waals surface area contributed by atoms with Crippen LogP contribution >= 0.6 is 11.6 Å². The number of hydrogen-bond donors (Lipinski definition) is 1. The summed E-state index contributed by atoms with van der Waals surface area (Å²) in [5.74, 6) is 0.543. The van der Waals surface area contributed by atoms with E-state index in [1.165, 1.54) is 13.8 Å². The Morgan fingerprint density at radius 1 is 1.21 bits per heavy atom. The third-order valence-electron chi connectivity index (χ3n) is 4.52. The third kappa shape index (κ3) is 5.19. The van der Waals surface area contributed by atoms with E-state index in [1.807, 2.05) is 38.4 Å². The summed E-state index contributed by atoms with van der Waals surface area (Å²) in [7, 11) is 0. The number of pyridine rings is 1. The number of aromatic nitrogens is 3. The zero-order valence-electron chi connectivity index (χ0n) is 17.2. The predicted octanol–water partition coefficient (Wildman–Crippen LogP) is 6.45. The van der Waals surface area contributed by atoms with Crippen LogP contribution in [-0.2, 0) is 13.0 Å². The third-order valence-corrected chi connectivity index (χ3v) is 4.91. The standard InChI is InChI=1S/C20H28ClF3N4/c1-7-15-17(21)18(28(8-2)27-15)14-10-25-16(9-13(14)12(3)4)26-19(5,6)11-20(22,23)24/h9-10,12H,7-8,11H2,1-6H3,(H,25,26). The Morgan fingerprint density at radius 3 is 2.36 bits per heavy atom. The molecule has 0 atom stereocenters. The van der Waals surface area contributed by atoms with Gasteiger partial charge in [0.2, 0.25) is 0 Å². The molecule has 0 saturated heterocycles. The lowest BCUT2D eigenvalue weighted by Gasteiger charge is -2.28. The summed E-state index contributed by atoms with van der Waals surface area (Å²) in [6, 6.07) is 1.81. The van der Waals surface area contributed by atoms with Gasteiger partial charge in [0.05, 0.1) is 22.8 Å². The number of aryl methyl sites for hydroxylation is 2. The van der Waals surface area contributed by atoms with Gasteiger partial charge in [0.25, 0.3) is 0 Å². The molecule has 0 fully saturated rings. The molecule has 2 aromatic rings. The molecule has 0 bridgehead atoms. The van der Waals surface area contributed by atoms with Crippen LogP contribution < -0.4 is 5.32 Å². The van der Waals surface area contributed by atoms with Gasteiger partial charge in [0, 0.05) is 23.8 Å². The Bertz CT molecular complexity index is 826. The van der Waals surface area contributed by atoms with Crippen molar-refractivity contribution in [3.05, 3.63) is 28.5 Å². The first-order valence-corrected chi connectivity index (χ1v) is 9.86. The predicted molar refractivity (Wildman–Crippen MR) is 108 cm³/mol. The van der Waals surface area contributed by atoms with Gasteiger partial charge in [-0.05, 0) is 44.7 Å². The van der Waals surface area contributed by atoms with Gasteiger partial charge in [-0.15, -0.1) is 0 Å². The van der Waals surface area contributed by atoms with E-state index in [1.54, 1.807) is 6.20 Å². The number of nitrogens with one attached hydrogen (secondary N) is 1. The fourth-order valence-electron chi connectivity index (χ4n) is 3.31. The van der Waals surface area contributed by atoms with E-state index in [9.17, 15) is 13.2 Å². The van der Waals surface area contributed by atoms with Crippen molar-refractivity contribution in [2.75, 3.05) is 5.32 Å². The Morgan fingerprint density at radius 2 is 1.86 bits per heavy atom. The molecule has 0 unspecified atom stereocenters. The number of alkyl halides is 3. The maximum absolute atomic E-state index is 12.8. The van der Waals surface area contributed by atoms with Crippen LogP contribution in [-0.4, -0.2) is 26.5 Å². The second kappa shape index (κ2) is 8.31. The van der Waals surface area contributed by atoms with Gasteiger partial charge in [-0.25, -0.2) is 4.98 Å². The first-order chi connectivity index (χ1) is 12.9. The summed E-state index contributed by atoms with van der Waals surface area (Å²) in [6.45, 7) is 11.7. The summed E-state index contributed by atoms with van der Waals surface area (Å²) >= 11 is 6.59. The zero-order valence-corrected chi connectivity index (χ0v) is 18.0. The van der Waals surface area contributed by atoms with Gasteiger partial charge < -0.3 is 5.32 Å². The maximum atomic E-state index is 12.8. The molecule has 1 N–H and O–H groups in total. The van der Waals surface area contributed by atoms with E-state index in [-0.39, 0.29) is 5.92 Å². The largest absolute Gasteiger partial charge is 0.391 e. The molecule has 0 radical (unpaired) electrons. The summed E-state index contributed by atoms with van der Waals surface area (Å²) in [5.41, 5.74) is 2.27. The van der Waals surface area contributed by atoms with Crippen LogP contribution in [0.1, 0.15) is 65.1 Å². The molecule has 8 heteroatoms. The van der Waals surface area contributed by atoms with Crippen molar-refractivity contribution in [2.45, 2.75) is 78.6 Å². The first-order valence-electron chi connectivity index (χ1n) is 9.49. The van der Waals surface area contributed by atoms with E-state index in [0.717, 1.165) is 22.5 Å². The molecule has 2 aromatic heterocycles. The van der Waals surface area contributed by atoms with Gasteiger partial charge >= 0.3 is 6.18 Å². The van der Waals surface area contributed by atoms with Crippen molar-refractivity contribution in [1.82, 2.24) is 14.8 Å². The van der Waals surface area contributed by atoms with Crippen LogP contribution in [0.5, 0.6) is 0 Å². The van der Waals surface area contributed by atoms with Crippen LogP contribution in [0.2, 0.25) is 5.02 Å². The van der Waals surface area contributed by atoms with E-state index in [2.05, 4.69) is 15.4 Å². The minimum atomic E-state index is -4.25. The molecule has 0 aliphatic carbocycles. The highest BCUT2D eigenvalue weighted by atomic mass is 35.5. The molecule has 156 valence electrons. The van der Waals surface area contributed by atoms with E-state index >= 15 is 0 Å². The number of hydrogen-bond acceptors (Lipinski definition) is 3. The van der Waals surface area contributed by atoms with Gasteiger partial charge in [0.1, 0.15) is 5.82 Å². The Labute approximate surface area is 169 Å². The van der Waals surface area contributed by atoms with Crippen LogP contribution in [0.4, 0.5) is 19.0 Å². The lowest BCUT2D eigenvalue weighted by molar-refractivity contribution is -0.142. The van der Waals surface area contributed by atoms with Gasteiger partial charge in [0.15, 0.2) is 0 Å². The lowest BCUT2D eigenvalue weighted by Crippen LogP contribution is -2.36. The van der Waals surface area contributed by atoms with Gasteiger partial charge in [-0.1, -0.05) is 32.4 Å². The lowest BCUT2D eigenvalue weighted by atomic mass is 9.95. The molecular weight excluding hydrogens is 389 g/mol. The maximum Gasteiger partial charge on any atom is 0.391 e. The molecular formula is C20H28ClF3N4. The highest BCUT2D eigenvalue weighted by Gasteiger charge is 2.36. The quantitative estimate of drug-likeness (QED) is 0.564. The molecule has 0 spiro atoms. The van der Waals surface area contributed by atoms with Crippen LogP contribution in [0, 0.1) is 0 Å². The Balaban J connectivity index is 2.49. The second-order valence-corrected chi connectivity index (χ2v) is 8.27. The minimum absolute atomic E-state index is 0.130. The smallest absolute Gasteiger partial charge is 0.365 e. The summed E-state index contributed by atoms with van der Waals surface area (Å²) in [5, 5.41) is 8.09. The normalized spacial score (nSPS) is 12.7. The highest BCUT2D eigenvalue weighted by Crippen LogP contribution is 2.37. The molecule has 28 heavy (non-hydrogen) atoms. The number of anilines is 1. The molecule has 2 heterocycles. The Hall–Kier alpha value is -1.76. The van der Waals surface area contributed by atoms with Crippen molar-refractivity contribution in [2.24, 2.45) is 0 Å². The molecule has 0 aromatic carbocycles. The molecule has 0 amide bonds. The van der Waals surface area contributed by atoms with Crippen molar-refractivity contribution >= 4 is 17.4 Å². The fourth-order valence-corrected chi connectivity index (χ4v) is 3.68. The first kappa shape index (κ1) is 22.5. The molecule has 0 aliphatic rings. The van der Waals surface area contributed by atoms with Crippen molar-refractivity contribution in [3.63, 3.8) is 0 Å². The topological polar surface area (TPSA) is 42.7 Å². The summed E-state index contributed by atoms with van der Waals surface area (Å²) in [6.07, 6.45) is -2.81. The number of rotatable bonds is 7. The molecule has 2 rings (SSSR count). The molecule has 0 saturated carbocycles.